The summed E-state index contributed by atoms with van der Waals surface area (Å²) in [6.45, 7) is -0.230. The minimum atomic E-state index is -4.47. The van der Waals surface area contributed by atoms with Crippen LogP contribution in [0.1, 0.15) is 11.1 Å². The highest BCUT2D eigenvalue weighted by Gasteiger charge is 2.35. The number of hydrogen-bond donors (Lipinski definition) is 1. The van der Waals surface area contributed by atoms with Gasteiger partial charge in [0.25, 0.3) is 11.1 Å². The molecule has 1 heterocycles. The van der Waals surface area contributed by atoms with E-state index in [1.54, 1.807) is 30.3 Å². The van der Waals surface area contributed by atoms with Crippen molar-refractivity contribution >= 4 is 34.7 Å². The van der Waals surface area contributed by atoms with Crippen LogP contribution in [-0.2, 0) is 11.0 Å². The van der Waals surface area contributed by atoms with Crippen LogP contribution in [0.4, 0.5) is 23.7 Å². The number of rotatable bonds is 5. The summed E-state index contributed by atoms with van der Waals surface area (Å²) in [7, 11) is 1.54. The molecule has 146 valence electrons. The number of benzene rings is 2. The largest absolute Gasteiger partial charge is 0.497 e. The van der Waals surface area contributed by atoms with E-state index in [0.29, 0.717) is 5.75 Å². The molecule has 0 radical (unpaired) electrons. The highest BCUT2D eigenvalue weighted by atomic mass is 32.2. The van der Waals surface area contributed by atoms with Crippen molar-refractivity contribution in [3.05, 3.63) is 64.6 Å². The van der Waals surface area contributed by atoms with Gasteiger partial charge in [0.15, 0.2) is 0 Å². The van der Waals surface area contributed by atoms with Gasteiger partial charge in [-0.2, -0.15) is 13.2 Å². The summed E-state index contributed by atoms with van der Waals surface area (Å²) in [6, 6.07) is 11.5. The van der Waals surface area contributed by atoms with E-state index in [0.717, 1.165) is 34.4 Å². The maximum absolute atomic E-state index is 12.8. The SMILES string of the molecule is COc1ccc(C=C2SC(=O)N(CNc3cccc(C(F)(F)F)c3)C2=O)cc1. The Morgan fingerprint density at radius 1 is 1.14 bits per heavy atom. The van der Waals surface area contributed by atoms with E-state index in [-0.39, 0.29) is 17.3 Å². The van der Waals surface area contributed by atoms with Crippen LogP contribution in [0.25, 0.3) is 6.08 Å². The van der Waals surface area contributed by atoms with Crippen LogP contribution in [0.2, 0.25) is 0 Å². The fourth-order valence-corrected chi connectivity index (χ4v) is 3.30. The molecule has 2 amide bonds. The normalized spacial score (nSPS) is 16.0. The van der Waals surface area contributed by atoms with Gasteiger partial charge in [-0.05, 0) is 53.7 Å². The van der Waals surface area contributed by atoms with Gasteiger partial charge in [-0.25, -0.2) is 0 Å². The Morgan fingerprint density at radius 3 is 2.50 bits per heavy atom. The Hall–Kier alpha value is -2.94. The number of nitrogens with zero attached hydrogens (tertiary/aromatic N) is 1. The third kappa shape index (κ3) is 4.48. The first-order valence-corrected chi connectivity index (χ1v) is 8.90. The molecular weight excluding hydrogens is 393 g/mol. The minimum Gasteiger partial charge on any atom is -0.497 e. The molecule has 2 aromatic rings. The molecule has 1 N–H and O–H groups in total. The molecule has 1 aliphatic rings. The number of thioether (sulfide) groups is 1. The monoisotopic (exact) mass is 408 g/mol. The number of hydrogen-bond acceptors (Lipinski definition) is 5. The third-order valence-electron chi connectivity index (χ3n) is 3.92. The Balaban J connectivity index is 1.69. The fourth-order valence-electron chi connectivity index (χ4n) is 2.46. The average Bonchev–Trinajstić information content (AvgIpc) is 2.93. The lowest BCUT2D eigenvalue weighted by Crippen LogP contribution is -2.33. The number of carbonyl (C=O) groups is 2. The molecular formula is C19H15F3N2O3S. The number of nitrogens with one attached hydrogen (secondary N) is 1. The number of imide groups is 1. The summed E-state index contributed by atoms with van der Waals surface area (Å²) >= 11 is 0.776. The summed E-state index contributed by atoms with van der Waals surface area (Å²) in [6.07, 6.45) is -2.89. The van der Waals surface area contributed by atoms with Gasteiger partial charge in [-0.15, -0.1) is 0 Å². The summed E-state index contributed by atoms with van der Waals surface area (Å²) in [5, 5.41) is 2.19. The summed E-state index contributed by atoms with van der Waals surface area (Å²) < 4.78 is 43.4. The van der Waals surface area contributed by atoms with E-state index in [9.17, 15) is 22.8 Å². The zero-order valence-corrected chi connectivity index (χ0v) is 15.4. The predicted octanol–water partition coefficient (Wildman–Crippen LogP) is 4.82. The first-order chi connectivity index (χ1) is 13.3. The molecule has 0 spiro atoms. The summed E-state index contributed by atoms with van der Waals surface area (Å²) in [5.74, 6) is 0.154. The van der Waals surface area contributed by atoms with Crippen molar-refractivity contribution in [1.29, 1.82) is 0 Å². The number of ether oxygens (including phenoxy) is 1. The molecule has 2 aromatic carbocycles. The molecule has 0 bridgehead atoms. The number of amides is 2. The molecule has 0 atom stereocenters. The standard InChI is InChI=1S/C19H15F3N2O3S/c1-27-15-7-5-12(6-8-15)9-16-17(25)24(18(26)28-16)11-23-14-4-2-3-13(10-14)19(20,21)22/h2-10,23H,11H2,1H3. The number of anilines is 1. The minimum absolute atomic E-state index is 0.160. The van der Waals surface area contributed by atoms with E-state index in [1.807, 2.05) is 0 Å². The van der Waals surface area contributed by atoms with Crippen LogP contribution in [0.5, 0.6) is 5.75 Å². The van der Waals surface area contributed by atoms with Crippen molar-refractivity contribution < 1.29 is 27.5 Å². The molecule has 0 aliphatic carbocycles. The predicted molar refractivity (Wildman–Crippen MR) is 101 cm³/mol. The lowest BCUT2D eigenvalue weighted by atomic mass is 10.2. The van der Waals surface area contributed by atoms with Gasteiger partial charge in [-0.3, -0.25) is 14.5 Å². The van der Waals surface area contributed by atoms with Crippen LogP contribution in [0.15, 0.2) is 53.4 Å². The number of alkyl halides is 3. The number of methoxy groups -OCH3 is 1. The smallest absolute Gasteiger partial charge is 0.416 e. The first-order valence-electron chi connectivity index (χ1n) is 8.08. The zero-order valence-electron chi connectivity index (χ0n) is 14.6. The Labute approximate surface area is 163 Å². The second-order valence-corrected chi connectivity index (χ2v) is 6.79. The maximum atomic E-state index is 12.8. The number of carbonyl (C=O) groups excluding carboxylic acids is 2. The van der Waals surface area contributed by atoms with Crippen LogP contribution in [0, 0.1) is 0 Å². The van der Waals surface area contributed by atoms with Crippen LogP contribution < -0.4 is 10.1 Å². The second kappa shape index (κ2) is 7.97. The van der Waals surface area contributed by atoms with Gasteiger partial charge in [-0.1, -0.05) is 18.2 Å². The highest BCUT2D eigenvalue weighted by molar-refractivity contribution is 8.18. The first kappa shape index (κ1) is 19.8. The van der Waals surface area contributed by atoms with E-state index >= 15 is 0 Å². The number of halogens is 3. The van der Waals surface area contributed by atoms with E-state index < -0.39 is 22.9 Å². The van der Waals surface area contributed by atoms with Gasteiger partial charge in [0.05, 0.1) is 24.2 Å². The molecule has 5 nitrogen and oxygen atoms in total. The Kier molecular flexibility index (Phi) is 5.64. The Bertz CT molecular complexity index is 927. The van der Waals surface area contributed by atoms with Crippen LogP contribution >= 0.6 is 11.8 Å². The molecule has 1 fully saturated rings. The van der Waals surface area contributed by atoms with Gasteiger partial charge in [0.1, 0.15) is 5.75 Å². The highest BCUT2D eigenvalue weighted by Crippen LogP contribution is 2.33. The molecule has 0 aromatic heterocycles. The summed E-state index contributed by atoms with van der Waals surface area (Å²) in [4.78, 5) is 25.8. The fraction of sp³-hybridized carbons (Fsp3) is 0.158. The third-order valence-corrected chi connectivity index (χ3v) is 4.83. The molecule has 1 aliphatic heterocycles. The van der Waals surface area contributed by atoms with Crippen molar-refractivity contribution in [2.24, 2.45) is 0 Å². The zero-order chi connectivity index (χ0) is 20.3. The quantitative estimate of drug-likeness (QED) is 0.719. The van der Waals surface area contributed by atoms with E-state index in [1.165, 1.54) is 19.2 Å². The van der Waals surface area contributed by atoms with Gasteiger partial charge >= 0.3 is 6.18 Å². The molecule has 28 heavy (non-hydrogen) atoms. The van der Waals surface area contributed by atoms with Crippen molar-refractivity contribution in [3.8, 4) is 5.75 Å². The van der Waals surface area contributed by atoms with Gasteiger partial charge < -0.3 is 10.1 Å². The van der Waals surface area contributed by atoms with E-state index in [2.05, 4.69) is 5.32 Å². The molecule has 0 unspecified atom stereocenters. The maximum Gasteiger partial charge on any atom is 0.416 e. The van der Waals surface area contributed by atoms with Crippen molar-refractivity contribution in [2.75, 3.05) is 19.1 Å². The van der Waals surface area contributed by atoms with Crippen LogP contribution in [0.3, 0.4) is 0 Å². The Morgan fingerprint density at radius 2 is 1.86 bits per heavy atom. The van der Waals surface area contributed by atoms with Gasteiger partial charge in [0, 0.05) is 5.69 Å². The van der Waals surface area contributed by atoms with Crippen molar-refractivity contribution in [2.45, 2.75) is 6.18 Å². The van der Waals surface area contributed by atoms with Gasteiger partial charge in [0.2, 0.25) is 0 Å². The summed E-state index contributed by atoms with van der Waals surface area (Å²) in [5.41, 5.74) is 0.0659. The lowest BCUT2D eigenvalue weighted by Gasteiger charge is -2.15. The lowest BCUT2D eigenvalue weighted by molar-refractivity contribution is -0.137. The molecule has 0 saturated carbocycles. The molecule has 3 rings (SSSR count). The molecule has 9 heteroatoms. The second-order valence-electron chi connectivity index (χ2n) is 5.80. The van der Waals surface area contributed by atoms with E-state index in [4.69, 9.17) is 4.74 Å². The van der Waals surface area contributed by atoms with Crippen molar-refractivity contribution in [3.63, 3.8) is 0 Å². The topological polar surface area (TPSA) is 58.6 Å². The molecule has 1 saturated heterocycles. The van der Waals surface area contributed by atoms with Crippen LogP contribution in [-0.4, -0.2) is 29.8 Å². The average molecular weight is 408 g/mol. The van der Waals surface area contributed by atoms with Crippen molar-refractivity contribution in [1.82, 2.24) is 4.90 Å².